The Kier molecular flexibility index (Phi) is 5.37. The summed E-state index contributed by atoms with van der Waals surface area (Å²) in [5.41, 5.74) is 0.505. The molecule has 2 aromatic rings. The lowest BCUT2D eigenvalue weighted by atomic mass is 10.2. The number of cyclic esters (lactones) is 1. The van der Waals surface area contributed by atoms with E-state index in [0.717, 1.165) is 17.7 Å². The zero-order valence-corrected chi connectivity index (χ0v) is 14.8. The number of fused-ring (bicyclic) bond motifs is 1. The van der Waals surface area contributed by atoms with Gasteiger partial charge in [0, 0.05) is 6.54 Å². The Morgan fingerprint density at radius 3 is 2.84 bits per heavy atom. The number of amides is 2. The van der Waals surface area contributed by atoms with Crippen molar-refractivity contribution in [1.29, 1.82) is 0 Å². The Hall–Kier alpha value is -2.35. The van der Waals surface area contributed by atoms with Crippen LogP contribution in [0.5, 0.6) is 0 Å². The molecule has 0 saturated carbocycles. The normalized spacial score (nSPS) is 14.1. The molecule has 25 heavy (non-hydrogen) atoms. The first-order valence-electron chi connectivity index (χ1n) is 8.21. The highest BCUT2D eigenvalue weighted by Crippen LogP contribution is 2.19. The number of thioether (sulfide) groups is 1. The Balaban J connectivity index is 1.87. The van der Waals surface area contributed by atoms with E-state index in [1.165, 1.54) is 11.8 Å². The first kappa shape index (κ1) is 17.5. The fraction of sp³-hybridized carbons (Fsp3) is 0.412. The van der Waals surface area contributed by atoms with E-state index in [-0.39, 0.29) is 30.4 Å². The fourth-order valence-corrected chi connectivity index (χ4v) is 3.50. The van der Waals surface area contributed by atoms with Crippen LogP contribution in [0.1, 0.15) is 19.8 Å². The topological polar surface area (TPSA) is 81.5 Å². The average molecular weight is 361 g/mol. The molecule has 0 radical (unpaired) electrons. The second-order valence-corrected chi connectivity index (χ2v) is 6.61. The van der Waals surface area contributed by atoms with Gasteiger partial charge in [-0.25, -0.2) is 14.7 Å². The van der Waals surface area contributed by atoms with Crippen LogP contribution >= 0.6 is 11.8 Å². The van der Waals surface area contributed by atoms with Crippen LogP contribution in [-0.2, 0) is 16.1 Å². The lowest BCUT2D eigenvalue weighted by molar-refractivity contribution is -0.125. The molecule has 1 aliphatic heterocycles. The molecular weight excluding hydrogens is 342 g/mol. The summed E-state index contributed by atoms with van der Waals surface area (Å²) in [6.07, 6.45) is 1.18. The standard InChI is InChI=1S/C17H19N3O4S/c1-2-3-8-20-15(22)12-6-4-5-7-13(12)18-16(20)25-11-14(21)19-9-10-24-17(19)23/h4-7H,2-3,8-11H2,1H3. The smallest absolute Gasteiger partial charge is 0.416 e. The second-order valence-electron chi connectivity index (χ2n) is 5.67. The van der Waals surface area contributed by atoms with E-state index >= 15 is 0 Å². The van der Waals surface area contributed by atoms with Crippen molar-refractivity contribution in [2.24, 2.45) is 0 Å². The lowest BCUT2D eigenvalue weighted by Gasteiger charge is -2.14. The molecule has 0 aliphatic carbocycles. The molecule has 132 valence electrons. The zero-order chi connectivity index (χ0) is 17.8. The van der Waals surface area contributed by atoms with E-state index in [4.69, 9.17) is 4.74 Å². The van der Waals surface area contributed by atoms with Crippen LogP contribution < -0.4 is 5.56 Å². The molecule has 2 heterocycles. The molecule has 0 bridgehead atoms. The van der Waals surface area contributed by atoms with Crippen molar-refractivity contribution < 1.29 is 14.3 Å². The molecule has 0 atom stereocenters. The highest BCUT2D eigenvalue weighted by Gasteiger charge is 2.28. The maximum Gasteiger partial charge on any atom is 0.416 e. The van der Waals surface area contributed by atoms with Gasteiger partial charge in [-0.3, -0.25) is 14.2 Å². The van der Waals surface area contributed by atoms with Crippen molar-refractivity contribution in [3.8, 4) is 0 Å². The monoisotopic (exact) mass is 361 g/mol. The number of benzene rings is 1. The number of para-hydroxylation sites is 1. The number of carbonyl (C=O) groups excluding carboxylic acids is 2. The van der Waals surface area contributed by atoms with Crippen LogP contribution in [0.25, 0.3) is 10.9 Å². The summed E-state index contributed by atoms with van der Waals surface area (Å²) in [6, 6.07) is 7.17. The number of hydrogen-bond acceptors (Lipinski definition) is 6. The molecule has 8 heteroatoms. The SMILES string of the molecule is CCCCn1c(SCC(=O)N2CCOC2=O)nc2ccccc2c1=O. The molecule has 7 nitrogen and oxygen atoms in total. The van der Waals surface area contributed by atoms with Gasteiger partial charge in [-0.15, -0.1) is 0 Å². The molecule has 1 saturated heterocycles. The van der Waals surface area contributed by atoms with E-state index in [1.54, 1.807) is 16.7 Å². The van der Waals surface area contributed by atoms with Gasteiger partial charge in [-0.2, -0.15) is 0 Å². The number of carbonyl (C=O) groups is 2. The van der Waals surface area contributed by atoms with Crippen LogP contribution in [-0.4, -0.2) is 45.4 Å². The van der Waals surface area contributed by atoms with E-state index < -0.39 is 6.09 Å². The molecular formula is C17H19N3O4S. The van der Waals surface area contributed by atoms with Crippen molar-refractivity contribution in [2.45, 2.75) is 31.5 Å². The highest BCUT2D eigenvalue weighted by molar-refractivity contribution is 7.99. The minimum Gasteiger partial charge on any atom is -0.447 e. The Bertz CT molecular complexity index is 865. The van der Waals surface area contributed by atoms with Gasteiger partial charge in [-0.05, 0) is 18.6 Å². The summed E-state index contributed by atoms with van der Waals surface area (Å²) < 4.78 is 6.40. The predicted octanol–water partition coefficient (Wildman–Crippen LogP) is 2.27. The van der Waals surface area contributed by atoms with Gasteiger partial charge in [-0.1, -0.05) is 37.2 Å². The molecule has 1 aromatic heterocycles. The van der Waals surface area contributed by atoms with Gasteiger partial charge in [0.1, 0.15) is 6.61 Å². The summed E-state index contributed by atoms with van der Waals surface area (Å²) in [7, 11) is 0. The molecule has 0 unspecified atom stereocenters. The van der Waals surface area contributed by atoms with Crippen molar-refractivity contribution in [2.75, 3.05) is 18.9 Å². The van der Waals surface area contributed by atoms with E-state index in [2.05, 4.69) is 11.9 Å². The summed E-state index contributed by atoms with van der Waals surface area (Å²) >= 11 is 1.18. The third kappa shape index (κ3) is 3.68. The van der Waals surface area contributed by atoms with E-state index in [0.29, 0.717) is 22.6 Å². The third-order valence-corrected chi connectivity index (χ3v) is 4.91. The number of rotatable bonds is 6. The van der Waals surface area contributed by atoms with Gasteiger partial charge in [0.15, 0.2) is 5.16 Å². The van der Waals surface area contributed by atoms with Crippen LogP contribution in [0.3, 0.4) is 0 Å². The molecule has 3 rings (SSSR count). The first-order chi connectivity index (χ1) is 12.1. The molecule has 1 fully saturated rings. The van der Waals surface area contributed by atoms with Gasteiger partial charge in [0.2, 0.25) is 5.91 Å². The van der Waals surface area contributed by atoms with Gasteiger partial charge >= 0.3 is 6.09 Å². The van der Waals surface area contributed by atoms with Crippen molar-refractivity contribution in [1.82, 2.24) is 14.5 Å². The van der Waals surface area contributed by atoms with Crippen molar-refractivity contribution in [3.05, 3.63) is 34.6 Å². The Morgan fingerprint density at radius 2 is 2.12 bits per heavy atom. The number of imide groups is 1. The maximum atomic E-state index is 12.7. The minimum absolute atomic E-state index is 0.0337. The van der Waals surface area contributed by atoms with Crippen LogP contribution in [0.15, 0.2) is 34.2 Å². The molecule has 0 N–H and O–H groups in total. The van der Waals surface area contributed by atoms with E-state index in [9.17, 15) is 14.4 Å². The number of unbranched alkanes of at least 4 members (excludes halogenated alkanes) is 1. The molecule has 1 aromatic carbocycles. The average Bonchev–Trinajstić information content (AvgIpc) is 3.05. The van der Waals surface area contributed by atoms with Gasteiger partial charge < -0.3 is 4.74 Å². The first-order valence-corrected chi connectivity index (χ1v) is 9.20. The highest BCUT2D eigenvalue weighted by atomic mass is 32.2. The van der Waals surface area contributed by atoms with Gasteiger partial charge in [0.25, 0.3) is 5.56 Å². The quantitative estimate of drug-likeness (QED) is 0.580. The predicted molar refractivity (Wildman–Crippen MR) is 94.7 cm³/mol. The number of ether oxygens (including phenoxy) is 1. The maximum absolute atomic E-state index is 12.7. The van der Waals surface area contributed by atoms with Gasteiger partial charge in [0.05, 0.1) is 23.2 Å². The second kappa shape index (κ2) is 7.69. The number of nitrogens with zero attached hydrogens (tertiary/aromatic N) is 3. The third-order valence-electron chi connectivity index (χ3n) is 3.95. The van der Waals surface area contributed by atoms with Crippen LogP contribution in [0.4, 0.5) is 4.79 Å². The molecule has 0 spiro atoms. The zero-order valence-electron chi connectivity index (χ0n) is 13.9. The summed E-state index contributed by atoms with van der Waals surface area (Å²) in [6.45, 7) is 3.10. The van der Waals surface area contributed by atoms with Crippen LogP contribution in [0.2, 0.25) is 0 Å². The number of hydrogen-bond donors (Lipinski definition) is 0. The molecule has 2 amide bonds. The molecule has 1 aliphatic rings. The summed E-state index contributed by atoms with van der Waals surface area (Å²) in [5.74, 6) is -0.302. The Labute approximate surface area is 149 Å². The Morgan fingerprint density at radius 1 is 1.32 bits per heavy atom. The summed E-state index contributed by atoms with van der Waals surface area (Å²) in [5, 5.41) is 1.07. The van der Waals surface area contributed by atoms with Crippen LogP contribution in [0, 0.1) is 0 Å². The summed E-state index contributed by atoms with van der Waals surface area (Å²) in [4.78, 5) is 42.0. The fourth-order valence-electron chi connectivity index (χ4n) is 2.60. The van der Waals surface area contributed by atoms with Crippen molar-refractivity contribution in [3.63, 3.8) is 0 Å². The lowest BCUT2D eigenvalue weighted by Crippen LogP contribution is -2.33. The minimum atomic E-state index is -0.611. The van der Waals surface area contributed by atoms with Crippen molar-refractivity contribution >= 4 is 34.7 Å². The van der Waals surface area contributed by atoms with E-state index in [1.807, 2.05) is 12.1 Å². The largest absolute Gasteiger partial charge is 0.447 e. The number of aromatic nitrogens is 2.